The molecule has 156 valence electrons. The maximum atomic E-state index is 13.1. The monoisotopic (exact) mass is 407 g/mol. The van der Waals surface area contributed by atoms with Crippen molar-refractivity contribution in [2.75, 3.05) is 20.2 Å². The fraction of sp³-hybridized carbons (Fsp3) is 0.409. The van der Waals surface area contributed by atoms with Gasteiger partial charge < -0.3 is 9.64 Å². The largest absolute Gasteiger partial charge is 0.496 e. The molecule has 3 heterocycles. The van der Waals surface area contributed by atoms with Crippen molar-refractivity contribution in [1.82, 2.24) is 24.6 Å². The van der Waals surface area contributed by atoms with Crippen molar-refractivity contribution in [3.05, 3.63) is 47.4 Å². The average Bonchev–Trinajstić information content (AvgIpc) is 3.10. The number of piperidine rings is 1. The Morgan fingerprint density at radius 1 is 1.23 bits per heavy atom. The van der Waals surface area contributed by atoms with Crippen LogP contribution in [0, 0.1) is 0 Å². The van der Waals surface area contributed by atoms with Crippen LogP contribution in [0.25, 0.3) is 11.2 Å². The first-order valence-corrected chi connectivity index (χ1v) is 10.1. The number of rotatable bonds is 5. The molecule has 0 radical (unpaired) electrons. The Balaban J connectivity index is 1.54. The van der Waals surface area contributed by atoms with Gasteiger partial charge in [-0.05, 0) is 38.0 Å². The number of methoxy groups -OCH3 is 1. The van der Waals surface area contributed by atoms with E-state index in [9.17, 15) is 9.59 Å². The summed E-state index contributed by atoms with van der Waals surface area (Å²) < 4.78 is 7.15. The van der Waals surface area contributed by atoms with Crippen LogP contribution >= 0.6 is 0 Å². The highest BCUT2D eigenvalue weighted by Crippen LogP contribution is 2.30. The van der Waals surface area contributed by atoms with Crippen LogP contribution in [-0.4, -0.2) is 56.5 Å². The number of hydrogen-bond acceptors (Lipinski definition) is 6. The molecule has 1 amide bonds. The Hall–Kier alpha value is -3.29. The first-order chi connectivity index (χ1) is 14.5. The second kappa shape index (κ2) is 8.22. The van der Waals surface area contributed by atoms with Gasteiger partial charge in [0, 0.05) is 49.6 Å². The molecule has 0 aliphatic carbocycles. The van der Waals surface area contributed by atoms with E-state index in [1.54, 1.807) is 42.4 Å². The quantitative estimate of drug-likeness (QED) is 0.604. The molecule has 1 aromatic carbocycles. The Kier molecular flexibility index (Phi) is 5.48. The summed E-state index contributed by atoms with van der Waals surface area (Å²) in [5, 5.41) is 4.65. The molecule has 1 aliphatic rings. The molecule has 1 fully saturated rings. The zero-order valence-corrected chi connectivity index (χ0v) is 17.5. The van der Waals surface area contributed by atoms with Crippen LogP contribution in [0.4, 0.5) is 0 Å². The van der Waals surface area contributed by atoms with Gasteiger partial charge in [0.15, 0.2) is 11.4 Å². The van der Waals surface area contributed by atoms with Crippen molar-refractivity contribution in [3.8, 4) is 5.75 Å². The Morgan fingerprint density at radius 2 is 2.03 bits per heavy atom. The van der Waals surface area contributed by atoms with E-state index < -0.39 is 0 Å². The van der Waals surface area contributed by atoms with Gasteiger partial charge in [0.05, 0.1) is 19.2 Å². The molecule has 2 aromatic heterocycles. The van der Waals surface area contributed by atoms with E-state index >= 15 is 0 Å². The molecular formula is C22H25N5O3. The van der Waals surface area contributed by atoms with Crippen molar-refractivity contribution in [3.63, 3.8) is 0 Å². The molecule has 4 rings (SSSR count). The lowest BCUT2D eigenvalue weighted by atomic mass is 9.93. The number of fused-ring (bicyclic) bond motifs is 1. The summed E-state index contributed by atoms with van der Waals surface area (Å²) in [7, 11) is 3.43. The van der Waals surface area contributed by atoms with Crippen LogP contribution in [0.15, 0.2) is 30.6 Å². The number of carbonyl (C=O) groups is 2. The van der Waals surface area contributed by atoms with Crippen molar-refractivity contribution >= 4 is 22.9 Å². The number of nitrogens with zero attached hydrogens (tertiary/aromatic N) is 5. The van der Waals surface area contributed by atoms with E-state index in [0.29, 0.717) is 24.4 Å². The van der Waals surface area contributed by atoms with Crippen molar-refractivity contribution < 1.29 is 14.3 Å². The molecule has 0 saturated carbocycles. The fourth-order valence-electron chi connectivity index (χ4n) is 4.12. The third-order valence-electron chi connectivity index (χ3n) is 5.68. The summed E-state index contributed by atoms with van der Waals surface area (Å²) in [5.41, 5.74) is 3.76. The predicted molar refractivity (Wildman–Crippen MR) is 112 cm³/mol. The predicted octanol–water partition coefficient (Wildman–Crippen LogP) is 2.52. The number of Topliss-reactive ketones (excluding diaryl/α,β-unsaturated/α-hetero) is 1. The van der Waals surface area contributed by atoms with Gasteiger partial charge in [-0.2, -0.15) is 5.10 Å². The van der Waals surface area contributed by atoms with Crippen LogP contribution in [0.3, 0.4) is 0 Å². The molecule has 1 aliphatic heterocycles. The van der Waals surface area contributed by atoms with Gasteiger partial charge in [0.25, 0.3) is 0 Å². The lowest BCUT2D eigenvalue weighted by Crippen LogP contribution is -2.40. The highest BCUT2D eigenvalue weighted by molar-refractivity contribution is 5.94. The van der Waals surface area contributed by atoms with Gasteiger partial charge in [0.1, 0.15) is 11.3 Å². The maximum Gasteiger partial charge on any atom is 0.227 e. The smallest absolute Gasteiger partial charge is 0.227 e. The van der Waals surface area contributed by atoms with Gasteiger partial charge in [-0.3, -0.25) is 9.59 Å². The number of aromatic nitrogens is 4. The number of carbonyl (C=O) groups excluding carboxylic acids is 2. The minimum absolute atomic E-state index is 0.0185. The number of aryl methyl sites for hydroxylation is 1. The van der Waals surface area contributed by atoms with E-state index in [-0.39, 0.29) is 24.0 Å². The maximum absolute atomic E-state index is 13.1. The van der Waals surface area contributed by atoms with Crippen LogP contribution in [-0.2, 0) is 18.3 Å². The van der Waals surface area contributed by atoms with Gasteiger partial charge in [-0.1, -0.05) is 0 Å². The van der Waals surface area contributed by atoms with Crippen LogP contribution in [0.2, 0.25) is 0 Å². The first kappa shape index (κ1) is 20.0. The normalized spacial score (nSPS) is 16.6. The molecule has 30 heavy (non-hydrogen) atoms. The van der Waals surface area contributed by atoms with Crippen molar-refractivity contribution in [1.29, 1.82) is 0 Å². The van der Waals surface area contributed by atoms with Gasteiger partial charge in [-0.15, -0.1) is 0 Å². The van der Waals surface area contributed by atoms with Crippen molar-refractivity contribution in [2.24, 2.45) is 7.05 Å². The van der Waals surface area contributed by atoms with E-state index in [1.165, 1.54) is 6.92 Å². The summed E-state index contributed by atoms with van der Waals surface area (Å²) >= 11 is 0. The van der Waals surface area contributed by atoms with Gasteiger partial charge >= 0.3 is 0 Å². The minimum atomic E-state index is -0.0347. The van der Waals surface area contributed by atoms with E-state index in [0.717, 1.165) is 35.3 Å². The highest BCUT2D eigenvalue weighted by Gasteiger charge is 2.29. The molecule has 0 bridgehead atoms. The lowest BCUT2D eigenvalue weighted by molar-refractivity contribution is -0.131. The van der Waals surface area contributed by atoms with E-state index in [2.05, 4.69) is 15.1 Å². The van der Waals surface area contributed by atoms with E-state index in [4.69, 9.17) is 4.74 Å². The summed E-state index contributed by atoms with van der Waals surface area (Å²) in [6.07, 6.45) is 5.38. The topological polar surface area (TPSA) is 90.2 Å². The second-order valence-electron chi connectivity index (χ2n) is 7.68. The molecule has 1 unspecified atom stereocenters. The van der Waals surface area contributed by atoms with Crippen LogP contribution in [0.1, 0.15) is 47.3 Å². The lowest BCUT2D eigenvalue weighted by Gasteiger charge is -2.32. The number of benzene rings is 1. The standard InChI is InChI=1S/C22H25N5O3/c1-14(28)15-6-7-18(30-3)17(11-15)12-19(29)27-10-4-5-16(13-27)20-21-22(26(2)25-20)24-9-8-23-21/h6-9,11,16H,4-5,10,12-13H2,1-3H3. The summed E-state index contributed by atoms with van der Waals surface area (Å²) in [4.78, 5) is 35.5. The number of ketones is 1. The molecule has 8 nitrogen and oxygen atoms in total. The molecule has 8 heteroatoms. The summed E-state index contributed by atoms with van der Waals surface area (Å²) in [6, 6.07) is 5.22. The summed E-state index contributed by atoms with van der Waals surface area (Å²) in [5.74, 6) is 0.721. The zero-order valence-electron chi connectivity index (χ0n) is 17.5. The molecule has 0 spiro atoms. The molecular weight excluding hydrogens is 382 g/mol. The zero-order chi connectivity index (χ0) is 21.3. The summed E-state index contributed by atoms with van der Waals surface area (Å²) in [6.45, 7) is 2.82. The third kappa shape index (κ3) is 3.77. The fourth-order valence-corrected chi connectivity index (χ4v) is 4.12. The SMILES string of the molecule is COc1ccc(C(C)=O)cc1CC(=O)N1CCCC(c2nn(C)c3nccnc23)C1. The molecule has 3 aromatic rings. The number of likely N-dealkylation sites (tertiary alicyclic amines) is 1. The molecule has 1 atom stereocenters. The Morgan fingerprint density at radius 3 is 2.80 bits per heavy atom. The third-order valence-corrected chi connectivity index (χ3v) is 5.68. The van der Waals surface area contributed by atoms with Crippen molar-refractivity contribution in [2.45, 2.75) is 32.1 Å². The second-order valence-corrected chi connectivity index (χ2v) is 7.68. The van der Waals surface area contributed by atoms with Gasteiger partial charge in [-0.25, -0.2) is 14.6 Å². The number of ether oxygens (including phenoxy) is 1. The molecule has 0 N–H and O–H groups in total. The number of amides is 1. The Labute approximate surface area is 174 Å². The Bertz CT molecular complexity index is 1110. The van der Waals surface area contributed by atoms with Crippen LogP contribution < -0.4 is 4.74 Å². The average molecular weight is 407 g/mol. The van der Waals surface area contributed by atoms with Gasteiger partial charge in [0.2, 0.25) is 5.91 Å². The minimum Gasteiger partial charge on any atom is -0.496 e. The first-order valence-electron chi connectivity index (χ1n) is 10.1. The number of hydrogen-bond donors (Lipinski definition) is 0. The highest BCUT2D eigenvalue weighted by atomic mass is 16.5. The van der Waals surface area contributed by atoms with Crippen LogP contribution in [0.5, 0.6) is 5.75 Å². The van der Waals surface area contributed by atoms with E-state index in [1.807, 2.05) is 11.9 Å². The molecule has 1 saturated heterocycles.